The van der Waals surface area contributed by atoms with Crippen molar-refractivity contribution in [3.63, 3.8) is 0 Å². The number of methoxy groups -OCH3 is 1. The first-order valence-corrected chi connectivity index (χ1v) is 27.4. The molecule has 4 aromatic rings. The van der Waals surface area contributed by atoms with Crippen molar-refractivity contribution in [3.05, 3.63) is 123 Å². The standard InChI is InChI=1S/C52H62ClF4N13O9S/c1-76-49(74)43-39(62-46(31-15-18-58-19-16-31)64-44(43)36-14-13-34(54)26-37(36)53)29-79-28-35-27-70(69-66-35)21-23-78-25-24-77-22-20-60-48(73)38(61-42(71)8-3-2-7-41-45-40(30-80-41)63-50(75)65-45)6-4-5-17-59-47(72)32-9-11-33(12-10-32)51(67-68-51)52(55,56)57/h9-16,18-19,26-27,38,40-41,44-45,67-68H,2-8,17,20-25,28-30H2,1H3,(H,59,72)(H,60,73)(H,61,71)(H,62,64)(H2,63,65,75)/t38-,40-,41-,44?,45-/m0/s1. The van der Waals surface area contributed by atoms with Gasteiger partial charge in [-0.3, -0.25) is 24.4 Å². The molecule has 0 bridgehead atoms. The molecule has 6 heterocycles. The number of rotatable bonds is 30. The molecule has 0 saturated carbocycles. The monoisotopic (exact) mass is 1160 g/mol. The van der Waals surface area contributed by atoms with Crippen LogP contribution in [0, 0.1) is 5.82 Å². The summed E-state index contributed by atoms with van der Waals surface area (Å²) in [6.45, 7) is 1.62. The van der Waals surface area contributed by atoms with Crippen LogP contribution >= 0.6 is 23.4 Å². The first kappa shape index (κ1) is 59.4. The fourth-order valence-corrected chi connectivity index (χ4v) is 11.1. The first-order chi connectivity index (χ1) is 38.6. The molecule has 8 rings (SSSR count). The third-order valence-electron chi connectivity index (χ3n) is 13.5. The van der Waals surface area contributed by atoms with E-state index >= 15 is 0 Å². The number of carbonyl (C=O) groups is 5. The number of esters is 1. The number of hydrazine groups is 1. The molecule has 22 nitrogen and oxygen atoms in total. The molecule has 2 aromatic carbocycles. The van der Waals surface area contributed by atoms with Gasteiger partial charge in [0.2, 0.25) is 17.5 Å². The maximum atomic E-state index is 14.1. The van der Waals surface area contributed by atoms with Crippen LogP contribution in [-0.4, -0.2) is 144 Å². The largest absolute Gasteiger partial charge is 0.466 e. The van der Waals surface area contributed by atoms with E-state index in [2.05, 4.69) is 58.0 Å². The summed E-state index contributed by atoms with van der Waals surface area (Å²) in [5.41, 5.74) is 4.11. The van der Waals surface area contributed by atoms with Crippen LogP contribution in [-0.2, 0) is 52.1 Å². The van der Waals surface area contributed by atoms with Crippen molar-refractivity contribution in [1.82, 2.24) is 62.7 Å². The molecule has 0 aliphatic carbocycles. The fraction of sp³-hybridized carbons (Fsp3) is 0.481. The Balaban J connectivity index is 0.735. The van der Waals surface area contributed by atoms with Crippen molar-refractivity contribution in [1.29, 1.82) is 0 Å². The van der Waals surface area contributed by atoms with E-state index in [4.69, 9.17) is 35.5 Å². The molecular formula is C52H62ClF4N13O9S. The molecule has 0 radical (unpaired) electrons. The molecule has 8 N–H and O–H groups in total. The zero-order valence-electron chi connectivity index (χ0n) is 43.5. The number of amidine groups is 1. The molecule has 5 atom stereocenters. The molecule has 80 heavy (non-hydrogen) atoms. The molecular weight excluding hydrogens is 1090 g/mol. The normalized spacial score (nSPS) is 19.5. The average molecular weight is 1160 g/mol. The van der Waals surface area contributed by atoms with Crippen LogP contribution in [0.5, 0.6) is 0 Å². The highest BCUT2D eigenvalue weighted by Gasteiger charge is 2.65. The van der Waals surface area contributed by atoms with E-state index < -0.39 is 47.5 Å². The van der Waals surface area contributed by atoms with Gasteiger partial charge in [0, 0.05) is 64.6 Å². The van der Waals surface area contributed by atoms with Gasteiger partial charge >= 0.3 is 18.2 Å². The number of nitrogens with zero attached hydrogens (tertiary/aromatic N) is 5. The highest BCUT2D eigenvalue weighted by atomic mass is 35.5. The van der Waals surface area contributed by atoms with Gasteiger partial charge < -0.3 is 50.8 Å². The molecule has 0 spiro atoms. The average Bonchev–Trinajstić information content (AvgIpc) is 4.07. The molecule has 430 valence electrons. The molecule has 2 aromatic heterocycles. The van der Waals surface area contributed by atoms with Crippen LogP contribution in [0.2, 0.25) is 5.02 Å². The predicted molar refractivity (Wildman–Crippen MR) is 284 cm³/mol. The second-order valence-corrected chi connectivity index (χ2v) is 20.8. The zero-order chi connectivity index (χ0) is 56.7. The van der Waals surface area contributed by atoms with E-state index in [1.807, 2.05) is 0 Å². The van der Waals surface area contributed by atoms with Gasteiger partial charge in [-0.15, -0.1) is 5.10 Å². The predicted octanol–water partition coefficient (Wildman–Crippen LogP) is 3.98. The molecule has 28 heteroatoms. The number of hydrogen-bond acceptors (Lipinski definition) is 17. The van der Waals surface area contributed by atoms with Crippen molar-refractivity contribution >= 4 is 58.9 Å². The molecule has 5 amide bonds. The summed E-state index contributed by atoms with van der Waals surface area (Å²) >= 11 is 8.27. The van der Waals surface area contributed by atoms with E-state index in [9.17, 15) is 41.5 Å². The topological polar surface area (TPSA) is 294 Å². The number of halogens is 5. The lowest BCUT2D eigenvalue weighted by atomic mass is 9.95. The SMILES string of the molecule is COC(=O)C1=C(COCc2cn(CCOCCOCCNC(=O)[C@H](CCCCNC(=O)c3ccc(C4(C(F)(F)F)NN4)cc3)NC(=O)CCCC[C@@H]3SC[C@@H]4NC(=O)N[C@@H]43)nn2)NC(c2ccncc2)=NC1c1ccc(F)cc1Cl. The summed E-state index contributed by atoms with van der Waals surface area (Å²) in [6, 6.07) is 10.7. The van der Waals surface area contributed by atoms with Crippen LogP contribution in [0.3, 0.4) is 0 Å². The van der Waals surface area contributed by atoms with Crippen LogP contribution in [0.1, 0.15) is 83.7 Å². The number of aliphatic imine (C=N–C) groups is 1. The highest BCUT2D eigenvalue weighted by Crippen LogP contribution is 2.42. The number of thioether (sulfide) groups is 1. The van der Waals surface area contributed by atoms with E-state index in [0.29, 0.717) is 54.2 Å². The number of alkyl halides is 3. The number of benzene rings is 2. The number of pyridine rings is 1. The lowest BCUT2D eigenvalue weighted by Gasteiger charge is -2.28. The number of ether oxygens (including phenoxy) is 4. The quantitative estimate of drug-likeness (QED) is 0.0120. The van der Waals surface area contributed by atoms with Gasteiger partial charge in [-0.1, -0.05) is 41.4 Å². The minimum Gasteiger partial charge on any atom is -0.466 e. The summed E-state index contributed by atoms with van der Waals surface area (Å²) in [6.07, 6.45) is 3.93. The second kappa shape index (κ2) is 28.1. The van der Waals surface area contributed by atoms with Crippen molar-refractivity contribution in [2.75, 3.05) is 59.0 Å². The van der Waals surface area contributed by atoms with Gasteiger partial charge in [0.1, 0.15) is 29.4 Å². The second-order valence-electron chi connectivity index (χ2n) is 19.1. The van der Waals surface area contributed by atoms with Crippen molar-refractivity contribution < 1.29 is 60.5 Å². The van der Waals surface area contributed by atoms with Crippen LogP contribution in [0.15, 0.2) is 89.5 Å². The summed E-state index contributed by atoms with van der Waals surface area (Å²) < 4.78 is 78.5. The van der Waals surface area contributed by atoms with Gasteiger partial charge in [0.25, 0.3) is 5.91 Å². The van der Waals surface area contributed by atoms with Crippen molar-refractivity contribution in [2.24, 2.45) is 4.99 Å². The van der Waals surface area contributed by atoms with Gasteiger partial charge in [0.05, 0.1) is 82.8 Å². The van der Waals surface area contributed by atoms with Gasteiger partial charge in [-0.05, 0) is 74.1 Å². The van der Waals surface area contributed by atoms with E-state index in [-0.39, 0.29) is 117 Å². The molecule has 1 unspecified atom stereocenters. The van der Waals surface area contributed by atoms with Gasteiger partial charge in [0.15, 0.2) is 0 Å². The van der Waals surface area contributed by atoms with E-state index in [1.165, 1.54) is 43.5 Å². The third kappa shape index (κ3) is 15.8. The van der Waals surface area contributed by atoms with E-state index in [0.717, 1.165) is 24.7 Å². The Morgan fingerprint density at radius 1 is 0.912 bits per heavy atom. The maximum absolute atomic E-state index is 14.1. The summed E-state index contributed by atoms with van der Waals surface area (Å²) in [5.74, 6) is -1.11. The minimum absolute atomic E-state index is 0.0282. The third-order valence-corrected chi connectivity index (χ3v) is 15.4. The number of unbranched alkanes of at least 4 members (excludes halogenated alkanes) is 2. The molecule has 4 aliphatic heterocycles. The van der Waals surface area contributed by atoms with Crippen molar-refractivity contribution in [2.45, 2.75) is 99.4 Å². The maximum Gasteiger partial charge on any atom is 0.426 e. The molecule has 3 saturated heterocycles. The molecule has 3 fully saturated rings. The number of hydrogen-bond donors (Lipinski definition) is 8. The smallest absolute Gasteiger partial charge is 0.426 e. The summed E-state index contributed by atoms with van der Waals surface area (Å²) in [7, 11) is 1.24. The Morgan fingerprint density at radius 3 is 2.42 bits per heavy atom. The van der Waals surface area contributed by atoms with Crippen LogP contribution in [0.4, 0.5) is 22.4 Å². The lowest BCUT2D eigenvalue weighted by molar-refractivity contribution is -0.165. The number of urea groups is 1. The van der Waals surface area contributed by atoms with E-state index in [1.54, 1.807) is 47.2 Å². The number of carbonyl (C=O) groups excluding carboxylic acids is 5. The van der Waals surface area contributed by atoms with Crippen LogP contribution < -0.4 is 42.8 Å². The van der Waals surface area contributed by atoms with Crippen LogP contribution in [0.25, 0.3) is 0 Å². The van der Waals surface area contributed by atoms with Gasteiger partial charge in [-0.25, -0.2) is 29.5 Å². The number of amides is 5. The van der Waals surface area contributed by atoms with Crippen molar-refractivity contribution in [3.8, 4) is 0 Å². The summed E-state index contributed by atoms with van der Waals surface area (Å²) in [4.78, 5) is 73.1. The number of aromatic nitrogens is 4. The Kier molecular flexibility index (Phi) is 20.9. The Morgan fingerprint density at radius 2 is 1.69 bits per heavy atom. The zero-order valence-corrected chi connectivity index (χ0v) is 45.1. The molecule has 4 aliphatic rings. The number of fused-ring (bicyclic) bond motifs is 1. The minimum atomic E-state index is -4.57. The highest BCUT2D eigenvalue weighted by molar-refractivity contribution is 8.00. The summed E-state index contributed by atoms with van der Waals surface area (Å²) in [5, 5.41) is 26.2. The van der Waals surface area contributed by atoms with Gasteiger partial charge in [-0.2, -0.15) is 24.9 Å². The first-order valence-electron chi connectivity index (χ1n) is 26.0. The fourth-order valence-electron chi connectivity index (χ4n) is 9.26. The Hall–Kier alpha value is -6.75. The lowest BCUT2D eigenvalue weighted by Crippen LogP contribution is -2.47. The Bertz CT molecular complexity index is 2860. The Labute approximate surface area is 467 Å². The number of nitrogens with one attached hydrogen (secondary N) is 8.